The van der Waals surface area contributed by atoms with Crippen molar-refractivity contribution in [2.24, 2.45) is 0 Å². The Morgan fingerprint density at radius 3 is 2.37 bits per heavy atom. The van der Waals surface area contributed by atoms with Crippen molar-refractivity contribution < 1.29 is 14.3 Å². The van der Waals surface area contributed by atoms with Crippen LogP contribution in [0.1, 0.15) is 26.3 Å². The number of carbonyl (C=O) groups is 1. The van der Waals surface area contributed by atoms with E-state index < -0.39 is 0 Å². The molecule has 0 aliphatic carbocycles. The molecule has 0 saturated carbocycles. The fourth-order valence-corrected chi connectivity index (χ4v) is 1.85. The fourth-order valence-electron chi connectivity index (χ4n) is 1.85. The highest BCUT2D eigenvalue weighted by Gasteiger charge is 2.18. The Morgan fingerprint density at radius 2 is 1.84 bits per heavy atom. The Morgan fingerprint density at radius 1 is 1.16 bits per heavy atom. The zero-order chi connectivity index (χ0) is 14.1. The number of carbonyl (C=O) groups excluding carboxylic acids is 1. The topological polar surface area (TPSA) is 47.6 Å². The van der Waals surface area contributed by atoms with Crippen LogP contribution in [0.25, 0.3) is 0 Å². The van der Waals surface area contributed by atoms with Gasteiger partial charge in [-0.2, -0.15) is 0 Å². The molecule has 0 heterocycles. The van der Waals surface area contributed by atoms with E-state index in [1.54, 1.807) is 0 Å². The summed E-state index contributed by atoms with van der Waals surface area (Å²) in [5.74, 6) is 0.653. The first-order chi connectivity index (χ1) is 9.21. The molecule has 0 unspecified atom stereocenters. The smallest absolute Gasteiger partial charge is 0.323 e. The molecule has 1 rings (SSSR count). The summed E-state index contributed by atoms with van der Waals surface area (Å²) in [4.78, 5) is 11.8. The summed E-state index contributed by atoms with van der Waals surface area (Å²) in [6.07, 6.45) is 0.624. The first-order valence-corrected chi connectivity index (χ1v) is 6.83. The molecule has 4 nitrogen and oxygen atoms in total. The summed E-state index contributed by atoms with van der Waals surface area (Å²) in [5, 5.41) is 3.15. The number of benzene rings is 1. The standard InChI is InChI=1S/C15H23NO3/c1-4-16-14(15(17)19-6-3)11-12-7-9-13(10-8-12)18-5-2/h7-10,14,16H,4-6,11H2,1-3H3/t14-/m0/s1. The normalized spacial score (nSPS) is 11.9. The second kappa shape index (κ2) is 8.53. The molecule has 1 aromatic rings. The lowest BCUT2D eigenvalue weighted by Crippen LogP contribution is -2.39. The minimum absolute atomic E-state index is 0.196. The molecule has 106 valence electrons. The fraction of sp³-hybridized carbons (Fsp3) is 0.533. The van der Waals surface area contributed by atoms with Crippen molar-refractivity contribution in [3.05, 3.63) is 29.8 Å². The van der Waals surface area contributed by atoms with Crippen LogP contribution in [-0.2, 0) is 16.0 Å². The van der Waals surface area contributed by atoms with E-state index in [4.69, 9.17) is 9.47 Å². The van der Waals surface area contributed by atoms with E-state index in [1.165, 1.54) is 0 Å². The van der Waals surface area contributed by atoms with Gasteiger partial charge in [0.1, 0.15) is 11.8 Å². The van der Waals surface area contributed by atoms with Crippen LogP contribution >= 0.6 is 0 Å². The van der Waals surface area contributed by atoms with Crippen LogP contribution in [0.5, 0.6) is 5.75 Å². The van der Waals surface area contributed by atoms with Crippen LogP contribution in [-0.4, -0.2) is 31.8 Å². The van der Waals surface area contributed by atoms with E-state index in [2.05, 4.69) is 5.32 Å². The Balaban J connectivity index is 2.64. The van der Waals surface area contributed by atoms with E-state index >= 15 is 0 Å². The summed E-state index contributed by atoms with van der Waals surface area (Å²) >= 11 is 0. The lowest BCUT2D eigenvalue weighted by Gasteiger charge is -2.16. The maximum atomic E-state index is 11.8. The molecular weight excluding hydrogens is 242 g/mol. The van der Waals surface area contributed by atoms with E-state index in [-0.39, 0.29) is 12.0 Å². The van der Waals surface area contributed by atoms with Crippen molar-refractivity contribution in [1.82, 2.24) is 5.32 Å². The molecule has 0 aromatic heterocycles. The molecule has 0 radical (unpaired) electrons. The Labute approximate surface area is 115 Å². The average Bonchev–Trinajstić information content (AvgIpc) is 2.41. The first kappa shape index (κ1) is 15.5. The zero-order valence-electron chi connectivity index (χ0n) is 11.9. The van der Waals surface area contributed by atoms with Crippen LogP contribution in [0.4, 0.5) is 0 Å². The third-order valence-electron chi connectivity index (χ3n) is 2.70. The SMILES string of the molecule is CCN[C@@H](Cc1ccc(OCC)cc1)C(=O)OCC. The molecule has 0 aliphatic heterocycles. The number of hydrogen-bond donors (Lipinski definition) is 1. The molecule has 19 heavy (non-hydrogen) atoms. The number of ether oxygens (including phenoxy) is 2. The monoisotopic (exact) mass is 265 g/mol. The van der Waals surface area contributed by atoms with Gasteiger partial charge in [-0.05, 0) is 44.5 Å². The summed E-state index contributed by atoms with van der Waals surface area (Å²) in [5.41, 5.74) is 1.09. The maximum absolute atomic E-state index is 11.8. The summed E-state index contributed by atoms with van der Waals surface area (Å²) < 4.78 is 10.5. The van der Waals surface area contributed by atoms with Crippen molar-refractivity contribution >= 4 is 5.97 Å². The van der Waals surface area contributed by atoms with Gasteiger partial charge < -0.3 is 14.8 Å². The molecule has 0 spiro atoms. The van der Waals surface area contributed by atoms with Crippen LogP contribution in [0, 0.1) is 0 Å². The van der Waals surface area contributed by atoms with Crippen molar-refractivity contribution in [3.8, 4) is 5.75 Å². The van der Waals surface area contributed by atoms with Crippen molar-refractivity contribution in [2.45, 2.75) is 33.2 Å². The van der Waals surface area contributed by atoms with E-state index in [0.29, 0.717) is 19.6 Å². The van der Waals surface area contributed by atoms with Gasteiger partial charge in [0.15, 0.2) is 0 Å². The van der Waals surface area contributed by atoms with Crippen molar-refractivity contribution in [2.75, 3.05) is 19.8 Å². The average molecular weight is 265 g/mol. The van der Waals surface area contributed by atoms with Crippen LogP contribution < -0.4 is 10.1 Å². The molecular formula is C15H23NO3. The van der Waals surface area contributed by atoms with Gasteiger partial charge in [-0.25, -0.2) is 0 Å². The number of hydrogen-bond acceptors (Lipinski definition) is 4. The van der Waals surface area contributed by atoms with Gasteiger partial charge in [-0.1, -0.05) is 19.1 Å². The van der Waals surface area contributed by atoms with E-state index in [0.717, 1.165) is 17.9 Å². The highest BCUT2D eigenvalue weighted by atomic mass is 16.5. The van der Waals surface area contributed by atoms with Crippen LogP contribution in [0.3, 0.4) is 0 Å². The number of nitrogens with one attached hydrogen (secondary N) is 1. The van der Waals surface area contributed by atoms with Gasteiger partial charge in [-0.15, -0.1) is 0 Å². The first-order valence-electron chi connectivity index (χ1n) is 6.83. The molecule has 4 heteroatoms. The number of esters is 1. The second-order valence-electron chi connectivity index (χ2n) is 4.14. The van der Waals surface area contributed by atoms with Crippen LogP contribution in [0.15, 0.2) is 24.3 Å². The summed E-state index contributed by atoms with van der Waals surface area (Å²) in [6.45, 7) is 7.55. The molecule has 0 amide bonds. The zero-order valence-corrected chi connectivity index (χ0v) is 11.9. The molecule has 0 aliphatic rings. The molecule has 1 aromatic carbocycles. The maximum Gasteiger partial charge on any atom is 0.323 e. The van der Waals surface area contributed by atoms with Crippen molar-refractivity contribution in [1.29, 1.82) is 0 Å². The lowest BCUT2D eigenvalue weighted by atomic mass is 10.1. The molecule has 0 fully saturated rings. The van der Waals surface area contributed by atoms with Crippen LogP contribution in [0.2, 0.25) is 0 Å². The van der Waals surface area contributed by atoms with E-state index in [1.807, 2.05) is 45.0 Å². The Bertz CT molecular complexity index is 375. The highest BCUT2D eigenvalue weighted by Crippen LogP contribution is 2.13. The van der Waals surface area contributed by atoms with Gasteiger partial charge >= 0.3 is 5.97 Å². The molecule has 0 saturated heterocycles. The van der Waals surface area contributed by atoms with Crippen molar-refractivity contribution in [3.63, 3.8) is 0 Å². The predicted molar refractivity (Wildman–Crippen MR) is 75.4 cm³/mol. The summed E-state index contributed by atoms with van der Waals surface area (Å²) in [7, 11) is 0. The molecule has 0 bridgehead atoms. The third-order valence-corrected chi connectivity index (χ3v) is 2.70. The second-order valence-corrected chi connectivity index (χ2v) is 4.14. The van der Waals surface area contributed by atoms with Gasteiger partial charge in [-0.3, -0.25) is 4.79 Å². The minimum Gasteiger partial charge on any atom is -0.494 e. The molecule has 1 N–H and O–H groups in total. The van der Waals surface area contributed by atoms with E-state index in [9.17, 15) is 4.79 Å². The number of rotatable bonds is 8. The third kappa shape index (κ3) is 5.30. The number of likely N-dealkylation sites (N-methyl/N-ethyl adjacent to an activating group) is 1. The molecule has 1 atom stereocenters. The van der Waals surface area contributed by atoms with Gasteiger partial charge in [0.05, 0.1) is 13.2 Å². The van der Waals surface area contributed by atoms with Gasteiger partial charge in [0.2, 0.25) is 0 Å². The van der Waals surface area contributed by atoms with Gasteiger partial charge in [0.25, 0.3) is 0 Å². The predicted octanol–water partition coefficient (Wildman–Crippen LogP) is 2.17. The van der Waals surface area contributed by atoms with Gasteiger partial charge in [0, 0.05) is 0 Å². The Hall–Kier alpha value is -1.55. The Kier molecular flexibility index (Phi) is 6.97. The minimum atomic E-state index is -0.289. The summed E-state index contributed by atoms with van der Waals surface area (Å²) in [6, 6.07) is 7.52. The quantitative estimate of drug-likeness (QED) is 0.732. The lowest BCUT2D eigenvalue weighted by molar-refractivity contribution is -0.145. The largest absolute Gasteiger partial charge is 0.494 e. The highest BCUT2D eigenvalue weighted by molar-refractivity contribution is 5.76.